The van der Waals surface area contributed by atoms with Gasteiger partial charge in [0, 0.05) is 19.2 Å². The predicted octanol–water partition coefficient (Wildman–Crippen LogP) is 2.93. The molecule has 3 nitrogen and oxygen atoms in total. The maximum Gasteiger partial charge on any atom is 0.246 e. The summed E-state index contributed by atoms with van der Waals surface area (Å²) in [5.41, 5.74) is 0.996. The number of nitrogens with zero attached hydrogens (tertiary/aromatic N) is 2. The second-order valence-electron chi connectivity index (χ2n) is 4.39. The molecule has 3 rings (SSSR count). The van der Waals surface area contributed by atoms with Gasteiger partial charge >= 0.3 is 0 Å². The monoisotopic (exact) mass is 258 g/mol. The van der Waals surface area contributed by atoms with Gasteiger partial charge in [0.05, 0.1) is 10.2 Å². The molecule has 0 bridgehead atoms. The third-order valence-corrected chi connectivity index (χ3v) is 4.10. The molecule has 1 fully saturated rings. The summed E-state index contributed by atoms with van der Waals surface area (Å²) in [5, 5.41) is 0.892. The average Bonchev–Trinajstić information content (AvgIpc) is 3.04. The lowest BCUT2D eigenvalue weighted by Gasteiger charge is -2.11. The van der Waals surface area contributed by atoms with Gasteiger partial charge in [0.15, 0.2) is 0 Å². The Balaban J connectivity index is 1.76. The number of hydrogen-bond acceptors (Lipinski definition) is 3. The first kappa shape index (κ1) is 11.4. The van der Waals surface area contributed by atoms with Crippen molar-refractivity contribution in [3.05, 3.63) is 35.3 Å². The van der Waals surface area contributed by atoms with E-state index in [1.165, 1.54) is 0 Å². The summed E-state index contributed by atoms with van der Waals surface area (Å²) >= 11 is 1.61. The van der Waals surface area contributed by atoms with Crippen molar-refractivity contribution in [2.24, 2.45) is 0 Å². The lowest BCUT2D eigenvalue weighted by atomic mass is 10.3. The number of rotatable bonds is 2. The molecule has 0 atom stereocenters. The van der Waals surface area contributed by atoms with E-state index in [2.05, 4.69) is 4.98 Å². The zero-order chi connectivity index (χ0) is 12.4. The Kier molecular flexibility index (Phi) is 3.11. The summed E-state index contributed by atoms with van der Waals surface area (Å²) in [7, 11) is 0. The van der Waals surface area contributed by atoms with Gasteiger partial charge in [0.25, 0.3) is 0 Å². The van der Waals surface area contributed by atoms with Crippen LogP contribution in [-0.2, 0) is 4.79 Å². The lowest BCUT2D eigenvalue weighted by molar-refractivity contribution is -0.124. The predicted molar refractivity (Wildman–Crippen MR) is 74.5 cm³/mol. The standard InChI is InChI=1S/C14H14N2OS/c17-14(16-9-3-4-10-16)8-7-13-15-11-5-1-2-6-12(11)18-13/h1-2,5-8H,3-4,9-10H2/b8-7+. The highest BCUT2D eigenvalue weighted by molar-refractivity contribution is 7.19. The fourth-order valence-electron chi connectivity index (χ4n) is 2.15. The molecular formula is C14H14N2OS. The number of amides is 1. The number of para-hydroxylation sites is 1. The van der Waals surface area contributed by atoms with Gasteiger partial charge in [-0.2, -0.15) is 0 Å². The van der Waals surface area contributed by atoms with Crippen molar-refractivity contribution in [1.82, 2.24) is 9.88 Å². The second kappa shape index (κ2) is 4.90. The number of likely N-dealkylation sites (tertiary alicyclic amines) is 1. The molecule has 18 heavy (non-hydrogen) atoms. The third-order valence-electron chi connectivity index (χ3n) is 3.10. The molecule has 1 aliphatic heterocycles. The zero-order valence-electron chi connectivity index (χ0n) is 10.0. The molecular weight excluding hydrogens is 244 g/mol. The van der Waals surface area contributed by atoms with E-state index in [4.69, 9.17) is 0 Å². The molecule has 92 valence electrons. The van der Waals surface area contributed by atoms with Crippen molar-refractivity contribution in [2.45, 2.75) is 12.8 Å². The summed E-state index contributed by atoms with van der Waals surface area (Å²) in [6, 6.07) is 8.02. The Morgan fingerprint density at radius 1 is 1.28 bits per heavy atom. The van der Waals surface area contributed by atoms with E-state index < -0.39 is 0 Å². The number of benzene rings is 1. The van der Waals surface area contributed by atoms with E-state index in [-0.39, 0.29) is 5.91 Å². The Bertz CT molecular complexity index is 564. The van der Waals surface area contributed by atoms with Gasteiger partial charge in [-0.25, -0.2) is 4.98 Å². The number of aromatic nitrogens is 1. The van der Waals surface area contributed by atoms with E-state index >= 15 is 0 Å². The topological polar surface area (TPSA) is 33.2 Å². The van der Waals surface area contributed by atoms with Gasteiger partial charge in [-0.05, 0) is 31.1 Å². The Morgan fingerprint density at radius 3 is 2.83 bits per heavy atom. The van der Waals surface area contributed by atoms with Gasteiger partial charge in [-0.15, -0.1) is 11.3 Å². The molecule has 1 aromatic heterocycles. The molecule has 0 radical (unpaired) electrons. The van der Waals surface area contributed by atoms with Crippen LogP contribution in [0.4, 0.5) is 0 Å². The van der Waals surface area contributed by atoms with Crippen molar-refractivity contribution >= 4 is 33.5 Å². The molecule has 0 N–H and O–H groups in total. The number of fused-ring (bicyclic) bond motifs is 1. The molecule has 2 heterocycles. The van der Waals surface area contributed by atoms with Gasteiger partial charge in [-0.1, -0.05) is 12.1 Å². The third kappa shape index (κ3) is 2.29. The quantitative estimate of drug-likeness (QED) is 0.776. The number of hydrogen-bond donors (Lipinski definition) is 0. The Labute approximate surface area is 110 Å². The van der Waals surface area contributed by atoms with E-state index in [1.54, 1.807) is 17.4 Å². The van der Waals surface area contributed by atoms with E-state index in [9.17, 15) is 4.79 Å². The minimum Gasteiger partial charge on any atom is -0.339 e. The first-order valence-corrected chi connectivity index (χ1v) is 6.97. The molecule has 0 spiro atoms. The van der Waals surface area contributed by atoms with Crippen molar-refractivity contribution in [3.63, 3.8) is 0 Å². The fraction of sp³-hybridized carbons (Fsp3) is 0.286. The van der Waals surface area contributed by atoms with Crippen molar-refractivity contribution < 1.29 is 4.79 Å². The van der Waals surface area contributed by atoms with Crippen LogP contribution < -0.4 is 0 Å². The maximum atomic E-state index is 11.8. The molecule has 2 aromatic rings. The molecule has 1 aromatic carbocycles. The SMILES string of the molecule is O=C(/C=C/c1nc2ccccc2s1)N1CCCC1. The number of thiazole rings is 1. The van der Waals surface area contributed by atoms with Crippen LogP contribution in [0.15, 0.2) is 30.3 Å². The Morgan fingerprint density at radius 2 is 2.06 bits per heavy atom. The fourth-order valence-corrected chi connectivity index (χ4v) is 3.02. The van der Waals surface area contributed by atoms with E-state index in [0.29, 0.717) is 0 Å². The van der Waals surface area contributed by atoms with Crippen LogP contribution in [0.2, 0.25) is 0 Å². The number of carbonyl (C=O) groups excluding carboxylic acids is 1. The summed E-state index contributed by atoms with van der Waals surface area (Å²) in [4.78, 5) is 18.2. The summed E-state index contributed by atoms with van der Waals surface area (Å²) in [5.74, 6) is 0.103. The molecule has 1 amide bonds. The average molecular weight is 258 g/mol. The van der Waals surface area contributed by atoms with Crippen LogP contribution in [0.5, 0.6) is 0 Å². The minimum atomic E-state index is 0.103. The van der Waals surface area contributed by atoms with Crippen LogP contribution in [0.25, 0.3) is 16.3 Å². The highest BCUT2D eigenvalue weighted by atomic mass is 32.1. The zero-order valence-corrected chi connectivity index (χ0v) is 10.8. The lowest BCUT2D eigenvalue weighted by Crippen LogP contribution is -2.25. The van der Waals surface area contributed by atoms with Crippen LogP contribution >= 0.6 is 11.3 Å². The smallest absolute Gasteiger partial charge is 0.246 e. The van der Waals surface area contributed by atoms with Crippen LogP contribution in [0, 0.1) is 0 Å². The van der Waals surface area contributed by atoms with Crippen LogP contribution in [-0.4, -0.2) is 28.9 Å². The van der Waals surface area contributed by atoms with E-state index in [0.717, 1.165) is 41.2 Å². The number of carbonyl (C=O) groups is 1. The van der Waals surface area contributed by atoms with Crippen molar-refractivity contribution in [3.8, 4) is 0 Å². The summed E-state index contributed by atoms with van der Waals surface area (Å²) in [6.45, 7) is 1.78. The highest BCUT2D eigenvalue weighted by Crippen LogP contribution is 2.22. The molecule has 0 aliphatic carbocycles. The minimum absolute atomic E-state index is 0.103. The van der Waals surface area contributed by atoms with Crippen molar-refractivity contribution in [2.75, 3.05) is 13.1 Å². The van der Waals surface area contributed by atoms with Gasteiger partial charge in [0.2, 0.25) is 5.91 Å². The first-order valence-electron chi connectivity index (χ1n) is 6.15. The Hall–Kier alpha value is -1.68. The highest BCUT2D eigenvalue weighted by Gasteiger charge is 2.15. The second-order valence-corrected chi connectivity index (χ2v) is 5.45. The molecule has 0 saturated carbocycles. The van der Waals surface area contributed by atoms with Gasteiger partial charge in [-0.3, -0.25) is 4.79 Å². The normalized spacial score (nSPS) is 15.9. The van der Waals surface area contributed by atoms with Crippen LogP contribution in [0.3, 0.4) is 0 Å². The molecule has 1 saturated heterocycles. The summed E-state index contributed by atoms with van der Waals surface area (Å²) < 4.78 is 1.16. The van der Waals surface area contributed by atoms with Gasteiger partial charge < -0.3 is 4.90 Å². The molecule has 4 heteroatoms. The van der Waals surface area contributed by atoms with Crippen LogP contribution in [0.1, 0.15) is 17.8 Å². The first-order chi connectivity index (χ1) is 8.83. The van der Waals surface area contributed by atoms with Gasteiger partial charge in [0.1, 0.15) is 5.01 Å². The van der Waals surface area contributed by atoms with Crippen molar-refractivity contribution in [1.29, 1.82) is 0 Å². The molecule has 0 unspecified atom stereocenters. The summed E-state index contributed by atoms with van der Waals surface area (Å²) in [6.07, 6.45) is 5.72. The maximum absolute atomic E-state index is 11.8. The largest absolute Gasteiger partial charge is 0.339 e. The molecule has 1 aliphatic rings. The van der Waals surface area contributed by atoms with E-state index in [1.807, 2.05) is 35.2 Å².